The van der Waals surface area contributed by atoms with Crippen molar-refractivity contribution in [3.05, 3.63) is 12.1 Å². The third-order valence-electron chi connectivity index (χ3n) is 4.27. The minimum atomic E-state index is -0.341. The number of methoxy groups -OCH3 is 3. The Bertz CT molecular complexity index is 796. The average molecular weight is 409 g/mol. The Hall–Kier alpha value is -2.46. The quantitative estimate of drug-likeness (QED) is 0.637. The number of hydrogen-bond acceptors (Lipinski definition) is 9. The normalized spacial score (nSPS) is 15.2. The minimum absolute atomic E-state index is 0.0286. The van der Waals surface area contributed by atoms with Crippen LogP contribution in [0.2, 0.25) is 0 Å². The second-order valence-corrected chi connectivity index (χ2v) is 7.28. The molecule has 0 N–H and O–H groups in total. The molecule has 1 aromatic carbocycles. The maximum Gasteiger partial charge on any atom is 0.277 e. The predicted molar refractivity (Wildman–Crippen MR) is 102 cm³/mol. The van der Waals surface area contributed by atoms with Crippen LogP contribution < -0.4 is 14.2 Å². The van der Waals surface area contributed by atoms with Gasteiger partial charge in [-0.15, -0.1) is 10.2 Å². The summed E-state index contributed by atoms with van der Waals surface area (Å²) in [4.78, 5) is 14.3. The lowest BCUT2D eigenvalue weighted by atomic mass is 10.2. The number of hydrogen-bond donors (Lipinski definition) is 0. The highest BCUT2D eigenvalue weighted by Crippen LogP contribution is 2.41. The van der Waals surface area contributed by atoms with Crippen LogP contribution in [0.3, 0.4) is 0 Å². The summed E-state index contributed by atoms with van der Waals surface area (Å²) in [7, 11) is 4.61. The summed E-state index contributed by atoms with van der Waals surface area (Å²) >= 11 is 1.23. The molecule has 1 aliphatic rings. The van der Waals surface area contributed by atoms with Crippen LogP contribution in [-0.4, -0.2) is 73.9 Å². The Morgan fingerprint density at radius 3 is 2.32 bits per heavy atom. The zero-order valence-corrected chi connectivity index (χ0v) is 17.1. The number of carbonyl (C=O) groups is 1. The van der Waals surface area contributed by atoms with Crippen LogP contribution in [0.4, 0.5) is 0 Å². The van der Waals surface area contributed by atoms with Gasteiger partial charge in [0.15, 0.2) is 11.5 Å². The number of ether oxygens (including phenoxy) is 4. The number of nitrogens with zero attached hydrogens (tertiary/aromatic N) is 3. The van der Waals surface area contributed by atoms with Gasteiger partial charge in [-0.05, 0) is 19.1 Å². The third-order valence-corrected chi connectivity index (χ3v) is 5.19. The van der Waals surface area contributed by atoms with Crippen molar-refractivity contribution in [2.75, 3.05) is 47.6 Å². The van der Waals surface area contributed by atoms with E-state index in [0.29, 0.717) is 60.2 Å². The molecule has 1 aromatic heterocycles. The first-order valence-corrected chi connectivity index (χ1v) is 9.62. The van der Waals surface area contributed by atoms with Crippen molar-refractivity contribution in [3.63, 3.8) is 0 Å². The molecule has 0 bridgehead atoms. The van der Waals surface area contributed by atoms with Gasteiger partial charge in [0.05, 0.1) is 39.8 Å². The fourth-order valence-electron chi connectivity index (χ4n) is 2.82. The molecule has 1 atom stereocenters. The van der Waals surface area contributed by atoms with Crippen LogP contribution in [0.1, 0.15) is 6.92 Å². The third kappa shape index (κ3) is 4.33. The van der Waals surface area contributed by atoms with E-state index in [9.17, 15) is 4.79 Å². The van der Waals surface area contributed by atoms with E-state index in [1.165, 1.54) is 33.1 Å². The van der Waals surface area contributed by atoms with Gasteiger partial charge in [-0.25, -0.2) is 0 Å². The van der Waals surface area contributed by atoms with Gasteiger partial charge >= 0.3 is 0 Å². The monoisotopic (exact) mass is 409 g/mol. The van der Waals surface area contributed by atoms with Crippen LogP contribution in [0.15, 0.2) is 21.8 Å². The Labute approximate surface area is 167 Å². The van der Waals surface area contributed by atoms with Gasteiger partial charge < -0.3 is 28.3 Å². The molecule has 1 aliphatic heterocycles. The standard InChI is InChI=1S/C18H23N3O6S/c1-11(17(22)21-5-7-26-8-6-21)28-18-20-19-16(27-18)12-9-13(23-2)15(25-4)14(10-12)24-3/h9-11H,5-8H2,1-4H3. The minimum Gasteiger partial charge on any atom is -0.493 e. The van der Waals surface area contributed by atoms with E-state index in [2.05, 4.69) is 10.2 Å². The predicted octanol–water partition coefficient (Wildman–Crippen LogP) is 2.10. The van der Waals surface area contributed by atoms with E-state index in [1.807, 2.05) is 6.92 Å². The van der Waals surface area contributed by atoms with Crippen molar-refractivity contribution in [2.45, 2.75) is 17.4 Å². The topological polar surface area (TPSA) is 96.2 Å². The average Bonchev–Trinajstić information content (AvgIpc) is 3.21. The van der Waals surface area contributed by atoms with Gasteiger partial charge in [0.2, 0.25) is 17.5 Å². The second kappa shape index (κ2) is 9.16. The summed E-state index contributed by atoms with van der Waals surface area (Å²) in [6.07, 6.45) is 0. The summed E-state index contributed by atoms with van der Waals surface area (Å²) in [6.45, 7) is 4.16. The van der Waals surface area contributed by atoms with Gasteiger partial charge in [-0.1, -0.05) is 11.8 Å². The molecule has 0 radical (unpaired) electrons. The molecule has 1 unspecified atom stereocenters. The number of morpholine rings is 1. The van der Waals surface area contributed by atoms with E-state index >= 15 is 0 Å². The number of aromatic nitrogens is 2. The zero-order valence-electron chi connectivity index (χ0n) is 16.3. The van der Waals surface area contributed by atoms with E-state index in [4.69, 9.17) is 23.4 Å². The Kier molecular flexibility index (Phi) is 6.63. The molecule has 1 amide bonds. The number of amides is 1. The maximum atomic E-state index is 12.5. The first kappa shape index (κ1) is 20.3. The van der Waals surface area contributed by atoms with Gasteiger partial charge in [0.25, 0.3) is 5.22 Å². The van der Waals surface area contributed by atoms with Gasteiger partial charge in [0.1, 0.15) is 0 Å². The molecule has 1 saturated heterocycles. The van der Waals surface area contributed by atoms with Crippen LogP contribution in [0.5, 0.6) is 17.2 Å². The lowest BCUT2D eigenvalue weighted by molar-refractivity contribution is -0.134. The summed E-state index contributed by atoms with van der Waals surface area (Å²) in [5, 5.41) is 8.11. The Morgan fingerprint density at radius 2 is 1.75 bits per heavy atom. The first-order chi connectivity index (χ1) is 13.6. The molecule has 3 rings (SSSR count). The summed E-state index contributed by atoms with van der Waals surface area (Å²) in [5.74, 6) is 1.78. The molecular formula is C18H23N3O6S. The van der Waals surface area contributed by atoms with Gasteiger partial charge in [-0.3, -0.25) is 4.79 Å². The second-order valence-electron chi connectivity index (χ2n) is 5.98. The van der Waals surface area contributed by atoms with E-state index in [-0.39, 0.29) is 11.2 Å². The molecule has 152 valence electrons. The van der Waals surface area contributed by atoms with E-state index < -0.39 is 0 Å². The SMILES string of the molecule is COc1cc(-c2nnc(SC(C)C(=O)N3CCOCC3)o2)cc(OC)c1OC. The molecule has 2 aromatic rings. The molecule has 1 fully saturated rings. The first-order valence-electron chi connectivity index (χ1n) is 8.74. The van der Waals surface area contributed by atoms with Crippen LogP contribution >= 0.6 is 11.8 Å². The van der Waals surface area contributed by atoms with Crippen molar-refractivity contribution in [1.82, 2.24) is 15.1 Å². The molecule has 0 aliphatic carbocycles. The van der Waals surface area contributed by atoms with E-state index in [0.717, 1.165) is 0 Å². The number of rotatable bonds is 7. The summed E-state index contributed by atoms with van der Waals surface area (Å²) in [6, 6.07) is 3.46. The van der Waals surface area contributed by atoms with Gasteiger partial charge in [0, 0.05) is 18.7 Å². The van der Waals surface area contributed by atoms with Crippen LogP contribution in [0.25, 0.3) is 11.5 Å². The van der Waals surface area contributed by atoms with Crippen molar-refractivity contribution >= 4 is 17.7 Å². The summed E-state index contributed by atoms with van der Waals surface area (Å²) in [5.41, 5.74) is 0.626. The maximum absolute atomic E-state index is 12.5. The highest BCUT2D eigenvalue weighted by Gasteiger charge is 2.25. The van der Waals surface area contributed by atoms with Crippen molar-refractivity contribution in [2.24, 2.45) is 0 Å². The fourth-order valence-corrected chi connectivity index (χ4v) is 3.59. The Balaban J connectivity index is 1.75. The van der Waals surface area contributed by atoms with Crippen LogP contribution in [-0.2, 0) is 9.53 Å². The lowest BCUT2D eigenvalue weighted by Crippen LogP contribution is -2.44. The van der Waals surface area contributed by atoms with Crippen molar-refractivity contribution in [3.8, 4) is 28.7 Å². The molecule has 28 heavy (non-hydrogen) atoms. The highest BCUT2D eigenvalue weighted by atomic mass is 32.2. The molecule has 9 nitrogen and oxygen atoms in total. The molecule has 10 heteroatoms. The largest absolute Gasteiger partial charge is 0.493 e. The summed E-state index contributed by atoms with van der Waals surface area (Å²) < 4.78 is 27.0. The lowest BCUT2D eigenvalue weighted by Gasteiger charge is -2.28. The zero-order chi connectivity index (χ0) is 20.1. The molecule has 2 heterocycles. The van der Waals surface area contributed by atoms with Gasteiger partial charge in [-0.2, -0.15) is 0 Å². The van der Waals surface area contributed by atoms with E-state index in [1.54, 1.807) is 17.0 Å². The molecular weight excluding hydrogens is 386 g/mol. The fraction of sp³-hybridized carbons (Fsp3) is 0.500. The molecule has 0 saturated carbocycles. The number of carbonyl (C=O) groups excluding carboxylic acids is 1. The number of benzene rings is 1. The number of thioether (sulfide) groups is 1. The highest BCUT2D eigenvalue weighted by molar-refractivity contribution is 8.00. The van der Waals surface area contributed by atoms with Crippen molar-refractivity contribution in [1.29, 1.82) is 0 Å². The van der Waals surface area contributed by atoms with Crippen molar-refractivity contribution < 1.29 is 28.2 Å². The smallest absolute Gasteiger partial charge is 0.277 e. The molecule has 0 spiro atoms. The Morgan fingerprint density at radius 1 is 1.11 bits per heavy atom. The van der Waals surface area contributed by atoms with Crippen LogP contribution in [0, 0.1) is 0 Å².